The van der Waals surface area contributed by atoms with E-state index in [2.05, 4.69) is 15.3 Å². The quantitative estimate of drug-likeness (QED) is 0.538. The first-order chi connectivity index (χ1) is 13.1. The highest BCUT2D eigenvalue weighted by molar-refractivity contribution is 6.42. The molecular formula is C21H19N3O3. The smallest absolute Gasteiger partial charge is 0.292 e. The Morgan fingerprint density at radius 1 is 1.11 bits per heavy atom. The van der Waals surface area contributed by atoms with Gasteiger partial charge in [-0.3, -0.25) is 19.6 Å². The molecule has 1 fully saturated rings. The number of hydrogen-bond donors (Lipinski definition) is 2. The minimum Gasteiger partial charge on any atom is -0.393 e. The number of Topliss-reactive ketones (excluding diaryl/α,β-unsaturated/α-hetero) is 1. The summed E-state index contributed by atoms with van der Waals surface area (Å²) in [5.74, 6) is -1.24. The Hall–Kier alpha value is -3.12. The molecule has 27 heavy (non-hydrogen) atoms. The summed E-state index contributed by atoms with van der Waals surface area (Å²) in [5, 5.41) is 13.5. The van der Waals surface area contributed by atoms with Crippen LogP contribution in [0.3, 0.4) is 0 Å². The summed E-state index contributed by atoms with van der Waals surface area (Å²) in [5.41, 5.74) is 1.95. The standard InChI is InChI=1S/C21H19N3O3/c25-17-9-15(10-17)19(16-8-13-4-1-2-6-18(13)23-12-16)24-21(27)20(26)14-5-3-7-22-11-14/h1-8,11-12,15,17,19,25H,9-10H2,(H,24,27). The molecule has 1 saturated carbocycles. The topological polar surface area (TPSA) is 92.2 Å². The van der Waals surface area contributed by atoms with Crippen LogP contribution in [-0.4, -0.2) is 32.9 Å². The van der Waals surface area contributed by atoms with Crippen molar-refractivity contribution in [1.82, 2.24) is 15.3 Å². The molecule has 0 saturated heterocycles. The Labute approximate surface area is 156 Å². The number of nitrogens with zero attached hydrogens (tertiary/aromatic N) is 2. The second kappa shape index (κ2) is 7.25. The first-order valence-corrected chi connectivity index (χ1v) is 8.90. The van der Waals surface area contributed by atoms with Crippen LogP contribution in [0, 0.1) is 5.92 Å². The van der Waals surface area contributed by atoms with Crippen molar-refractivity contribution >= 4 is 22.6 Å². The molecule has 2 N–H and O–H groups in total. The van der Waals surface area contributed by atoms with Crippen molar-refractivity contribution in [2.45, 2.75) is 25.0 Å². The molecule has 6 heteroatoms. The van der Waals surface area contributed by atoms with Crippen molar-refractivity contribution in [2.24, 2.45) is 5.92 Å². The van der Waals surface area contributed by atoms with Crippen LogP contribution in [0.2, 0.25) is 0 Å². The third kappa shape index (κ3) is 3.57. The molecule has 1 aliphatic rings. The normalized spacial score (nSPS) is 19.9. The monoisotopic (exact) mass is 361 g/mol. The predicted molar refractivity (Wildman–Crippen MR) is 99.9 cm³/mol. The summed E-state index contributed by atoms with van der Waals surface area (Å²) in [6, 6.07) is 12.5. The molecule has 1 atom stereocenters. The number of hydrogen-bond acceptors (Lipinski definition) is 5. The van der Waals surface area contributed by atoms with Gasteiger partial charge in [-0.15, -0.1) is 0 Å². The molecule has 0 aliphatic heterocycles. The number of para-hydroxylation sites is 1. The van der Waals surface area contributed by atoms with Gasteiger partial charge in [-0.2, -0.15) is 0 Å². The number of ketones is 1. The Morgan fingerprint density at radius 2 is 1.93 bits per heavy atom. The molecule has 0 bridgehead atoms. The zero-order chi connectivity index (χ0) is 18.8. The van der Waals surface area contributed by atoms with E-state index < -0.39 is 11.7 Å². The van der Waals surface area contributed by atoms with Gasteiger partial charge in [0.2, 0.25) is 0 Å². The van der Waals surface area contributed by atoms with E-state index in [1.807, 2.05) is 30.3 Å². The summed E-state index contributed by atoms with van der Waals surface area (Å²) in [7, 11) is 0. The molecular weight excluding hydrogens is 342 g/mol. The lowest BCUT2D eigenvalue weighted by Crippen LogP contribution is -2.43. The van der Waals surface area contributed by atoms with Crippen molar-refractivity contribution in [1.29, 1.82) is 0 Å². The van der Waals surface area contributed by atoms with Crippen LogP contribution in [-0.2, 0) is 4.79 Å². The van der Waals surface area contributed by atoms with Crippen LogP contribution in [0.1, 0.15) is 34.8 Å². The zero-order valence-electron chi connectivity index (χ0n) is 14.6. The number of pyridine rings is 2. The van der Waals surface area contributed by atoms with Gasteiger partial charge in [-0.25, -0.2) is 0 Å². The maximum Gasteiger partial charge on any atom is 0.292 e. The lowest BCUT2D eigenvalue weighted by atomic mass is 9.75. The lowest BCUT2D eigenvalue weighted by molar-refractivity contribution is -0.118. The summed E-state index contributed by atoms with van der Waals surface area (Å²) < 4.78 is 0. The SMILES string of the molecule is O=C(NC(c1cnc2ccccc2c1)C1CC(O)C1)C(=O)c1cccnc1. The second-order valence-electron chi connectivity index (χ2n) is 6.87. The van der Waals surface area contributed by atoms with Crippen molar-refractivity contribution in [3.63, 3.8) is 0 Å². The Kier molecular flexibility index (Phi) is 4.64. The van der Waals surface area contributed by atoms with Gasteiger partial charge in [0.05, 0.1) is 17.7 Å². The van der Waals surface area contributed by atoms with Crippen LogP contribution in [0.25, 0.3) is 10.9 Å². The van der Waals surface area contributed by atoms with Gasteiger partial charge in [-0.05, 0) is 48.6 Å². The second-order valence-corrected chi connectivity index (χ2v) is 6.87. The van der Waals surface area contributed by atoms with Crippen LogP contribution in [0.4, 0.5) is 0 Å². The Bertz CT molecular complexity index is 984. The van der Waals surface area contributed by atoms with Crippen molar-refractivity contribution < 1.29 is 14.7 Å². The highest BCUT2D eigenvalue weighted by atomic mass is 16.3. The van der Waals surface area contributed by atoms with Crippen molar-refractivity contribution in [3.8, 4) is 0 Å². The van der Waals surface area contributed by atoms with Gasteiger partial charge < -0.3 is 10.4 Å². The summed E-state index contributed by atoms with van der Waals surface area (Å²) in [6.07, 6.45) is 5.46. The molecule has 1 aromatic carbocycles. The van der Waals surface area contributed by atoms with E-state index in [0.29, 0.717) is 12.8 Å². The van der Waals surface area contributed by atoms with Crippen LogP contribution < -0.4 is 5.32 Å². The number of carbonyl (C=O) groups excluding carboxylic acids is 2. The van der Waals surface area contributed by atoms with Gasteiger partial charge >= 0.3 is 0 Å². The minimum absolute atomic E-state index is 0.0635. The number of rotatable bonds is 5. The Morgan fingerprint density at radius 3 is 2.67 bits per heavy atom. The molecule has 1 amide bonds. The highest BCUT2D eigenvalue weighted by Crippen LogP contribution is 2.38. The summed E-state index contributed by atoms with van der Waals surface area (Å²) in [4.78, 5) is 33.3. The number of amides is 1. The van der Waals surface area contributed by atoms with E-state index in [-0.39, 0.29) is 23.6 Å². The summed E-state index contributed by atoms with van der Waals surface area (Å²) in [6.45, 7) is 0. The van der Waals surface area contributed by atoms with Crippen molar-refractivity contribution in [3.05, 3.63) is 72.2 Å². The fraction of sp³-hybridized carbons (Fsp3) is 0.238. The number of nitrogens with one attached hydrogen (secondary N) is 1. The van der Waals surface area contributed by atoms with Gasteiger partial charge in [0, 0.05) is 29.5 Å². The molecule has 136 valence electrons. The van der Waals surface area contributed by atoms with Crippen LogP contribution >= 0.6 is 0 Å². The average molecular weight is 361 g/mol. The van der Waals surface area contributed by atoms with E-state index in [1.165, 1.54) is 6.20 Å². The van der Waals surface area contributed by atoms with Crippen LogP contribution in [0.5, 0.6) is 0 Å². The van der Waals surface area contributed by atoms with E-state index in [9.17, 15) is 14.7 Å². The molecule has 4 rings (SSSR count). The highest BCUT2D eigenvalue weighted by Gasteiger charge is 2.36. The lowest BCUT2D eigenvalue weighted by Gasteiger charge is -2.38. The van der Waals surface area contributed by atoms with E-state index >= 15 is 0 Å². The molecule has 0 spiro atoms. The molecule has 2 heterocycles. The maximum atomic E-state index is 12.5. The zero-order valence-corrected chi connectivity index (χ0v) is 14.6. The van der Waals surface area contributed by atoms with Gasteiger partial charge in [0.25, 0.3) is 11.7 Å². The Balaban J connectivity index is 1.61. The van der Waals surface area contributed by atoms with Gasteiger partial charge in [-0.1, -0.05) is 18.2 Å². The van der Waals surface area contributed by atoms with Gasteiger partial charge in [0.15, 0.2) is 0 Å². The van der Waals surface area contributed by atoms with Crippen LogP contribution in [0.15, 0.2) is 61.1 Å². The molecule has 6 nitrogen and oxygen atoms in total. The summed E-state index contributed by atoms with van der Waals surface area (Å²) >= 11 is 0. The predicted octanol–water partition coefficient (Wildman–Crippen LogP) is 2.44. The minimum atomic E-state index is -0.678. The molecule has 1 aliphatic carbocycles. The third-order valence-electron chi connectivity index (χ3n) is 5.01. The number of aromatic nitrogens is 2. The van der Waals surface area contributed by atoms with E-state index in [0.717, 1.165) is 16.5 Å². The molecule has 3 aromatic rings. The van der Waals surface area contributed by atoms with E-state index in [4.69, 9.17) is 0 Å². The largest absolute Gasteiger partial charge is 0.393 e. The number of aliphatic hydroxyl groups is 1. The number of carbonyl (C=O) groups is 2. The number of fused-ring (bicyclic) bond motifs is 1. The molecule has 0 radical (unpaired) electrons. The van der Waals surface area contributed by atoms with Crippen molar-refractivity contribution in [2.75, 3.05) is 0 Å². The average Bonchev–Trinajstić information content (AvgIpc) is 2.69. The first kappa shape index (κ1) is 17.3. The fourth-order valence-electron chi connectivity index (χ4n) is 3.47. The fourth-order valence-corrected chi connectivity index (χ4v) is 3.47. The van der Waals surface area contributed by atoms with E-state index in [1.54, 1.807) is 24.5 Å². The number of aliphatic hydroxyl groups excluding tert-OH is 1. The maximum absolute atomic E-state index is 12.5. The molecule has 2 aromatic heterocycles. The molecule has 1 unspecified atom stereocenters. The third-order valence-corrected chi connectivity index (χ3v) is 5.01. The first-order valence-electron chi connectivity index (χ1n) is 8.90. The van der Waals surface area contributed by atoms with Gasteiger partial charge in [0.1, 0.15) is 0 Å². The number of benzene rings is 1.